The van der Waals surface area contributed by atoms with Gasteiger partial charge in [-0.25, -0.2) is 0 Å². The summed E-state index contributed by atoms with van der Waals surface area (Å²) in [5.41, 5.74) is -4.19. The van der Waals surface area contributed by atoms with Crippen LogP contribution in [0.25, 0.3) is 5.57 Å². The van der Waals surface area contributed by atoms with Crippen molar-refractivity contribution in [2.45, 2.75) is 31.2 Å². The van der Waals surface area contributed by atoms with Crippen LogP contribution in [-0.4, -0.2) is 39.0 Å². The number of hydrogen-bond acceptors (Lipinski definition) is 7. The van der Waals surface area contributed by atoms with Gasteiger partial charge in [-0.3, -0.25) is 9.59 Å². The molecule has 2 aliphatic rings. The first-order valence-corrected chi connectivity index (χ1v) is 14.3. The minimum absolute atomic E-state index is 0.106. The Morgan fingerprint density at radius 3 is 2.36 bits per heavy atom. The molecule has 9 nitrogen and oxygen atoms in total. The number of fused-ring (bicyclic) bond motifs is 2. The first kappa shape index (κ1) is 29.3. The van der Waals surface area contributed by atoms with Gasteiger partial charge in [0.2, 0.25) is 0 Å². The first-order valence-electron chi connectivity index (χ1n) is 12.9. The number of carbonyl (C=O) groups excluding carboxylic acids is 2. The second-order valence-corrected chi connectivity index (χ2v) is 10.9. The third kappa shape index (κ3) is 5.26. The molecule has 2 aliphatic heterocycles. The summed E-state index contributed by atoms with van der Waals surface area (Å²) in [4.78, 5) is 28.5. The number of anilines is 2. The van der Waals surface area contributed by atoms with Crippen LogP contribution < -0.4 is 14.4 Å². The normalized spacial score (nSPS) is 16.3. The van der Waals surface area contributed by atoms with Crippen molar-refractivity contribution in [1.29, 1.82) is 0 Å². The van der Waals surface area contributed by atoms with E-state index in [-0.39, 0.29) is 31.0 Å². The van der Waals surface area contributed by atoms with Crippen LogP contribution in [-0.2, 0) is 41.5 Å². The Morgan fingerprint density at radius 1 is 1.02 bits per heavy atom. The van der Waals surface area contributed by atoms with Crippen molar-refractivity contribution in [2.75, 3.05) is 23.4 Å². The summed E-state index contributed by atoms with van der Waals surface area (Å²) in [6.07, 6.45) is 1.98. The quantitative estimate of drug-likeness (QED) is 0.217. The number of allylic oxidation sites excluding steroid dienone is 1. The molecular weight excluding hydrogens is 577 g/mol. The lowest BCUT2D eigenvalue weighted by atomic mass is 9.96. The number of rotatable bonds is 8. The smallest absolute Gasteiger partial charge is 0.374 e. The summed E-state index contributed by atoms with van der Waals surface area (Å²) >= 11 is 0. The molecule has 2 amide bonds. The molecule has 3 aromatic carbocycles. The summed E-state index contributed by atoms with van der Waals surface area (Å²) in [5.74, 6) is -3.57. The molecule has 1 N–H and O–H groups in total. The highest BCUT2D eigenvalue weighted by atomic mass is 32.2. The number of amides is 2. The van der Waals surface area contributed by atoms with Crippen molar-refractivity contribution in [3.63, 3.8) is 0 Å². The van der Waals surface area contributed by atoms with Gasteiger partial charge in [0.25, 0.3) is 17.6 Å². The molecule has 42 heavy (non-hydrogen) atoms. The Morgan fingerprint density at radius 2 is 1.69 bits per heavy atom. The average molecular weight is 603 g/mol. The Bertz CT molecular complexity index is 1650. The van der Waals surface area contributed by atoms with Gasteiger partial charge >= 0.3 is 15.6 Å². The van der Waals surface area contributed by atoms with E-state index in [0.29, 0.717) is 28.8 Å². The van der Waals surface area contributed by atoms with Gasteiger partial charge < -0.3 is 23.9 Å². The highest BCUT2D eigenvalue weighted by molar-refractivity contribution is 7.88. The van der Waals surface area contributed by atoms with E-state index in [1.165, 1.54) is 18.2 Å². The maximum atomic E-state index is 14.4. The maximum absolute atomic E-state index is 14.4. The van der Waals surface area contributed by atoms with Crippen molar-refractivity contribution in [3.05, 3.63) is 95.6 Å². The highest BCUT2D eigenvalue weighted by Gasteiger charge is 2.53. The van der Waals surface area contributed by atoms with Gasteiger partial charge in [-0.2, -0.15) is 21.6 Å². The van der Waals surface area contributed by atoms with Crippen LogP contribution in [0.1, 0.15) is 30.0 Å². The first-order chi connectivity index (χ1) is 20.0. The fourth-order valence-corrected chi connectivity index (χ4v) is 5.29. The van der Waals surface area contributed by atoms with Crippen LogP contribution >= 0.6 is 0 Å². The van der Waals surface area contributed by atoms with Gasteiger partial charge in [0.1, 0.15) is 0 Å². The SMILES string of the molecule is CC/C=C(\C(=O)N(Cc1ccccc1)c1ccccc1OS(=O)(=O)C(F)(F)F)c1cccc2c1NC(=O)C21OCCO1. The lowest BCUT2D eigenvalue weighted by Crippen LogP contribution is -2.35. The molecular formula is C29H25F3N2O7S. The summed E-state index contributed by atoms with van der Waals surface area (Å²) < 4.78 is 79.4. The molecule has 0 bridgehead atoms. The predicted octanol–water partition coefficient (Wildman–Crippen LogP) is 5.09. The molecule has 1 spiro atoms. The fraction of sp³-hybridized carbons (Fsp3) is 0.241. The minimum atomic E-state index is -6.04. The molecule has 0 saturated carbocycles. The van der Waals surface area contributed by atoms with Gasteiger partial charge in [0.15, 0.2) is 5.75 Å². The molecule has 2 heterocycles. The molecule has 0 atom stereocenters. The average Bonchev–Trinajstić information content (AvgIpc) is 3.56. The fourth-order valence-electron chi connectivity index (χ4n) is 4.81. The molecule has 0 aliphatic carbocycles. The summed E-state index contributed by atoms with van der Waals surface area (Å²) in [7, 11) is -6.04. The third-order valence-electron chi connectivity index (χ3n) is 6.65. The molecule has 220 valence electrons. The predicted molar refractivity (Wildman–Crippen MR) is 147 cm³/mol. The van der Waals surface area contributed by atoms with Gasteiger partial charge in [0, 0.05) is 16.7 Å². The Kier molecular flexibility index (Phi) is 7.84. The van der Waals surface area contributed by atoms with E-state index in [1.54, 1.807) is 61.5 Å². The van der Waals surface area contributed by atoms with Crippen molar-refractivity contribution in [1.82, 2.24) is 0 Å². The third-order valence-corrected chi connectivity index (χ3v) is 7.61. The molecule has 0 unspecified atom stereocenters. The van der Waals surface area contributed by atoms with Crippen molar-refractivity contribution >= 4 is 38.9 Å². The van der Waals surface area contributed by atoms with E-state index in [0.717, 1.165) is 11.0 Å². The molecule has 5 rings (SSSR count). The molecule has 13 heteroatoms. The van der Waals surface area contributed by atoms with E-state index in [2.05, 4.69) is 9.50 Å². The maximum Gasteiger partial charge on any atom is 0.534 e. The lowest BCUT2D eigenvalue weighted by molar-refractivity contribution is -0.178. The van der Waals surface area contributed by atoms with Gasteiger partial charge in [-0.05, 0) is 24.1 Å². The molecule has 3 aromatic rings. The van der Waals surface area contributed by atoms with Gasteiger partial charge in [0.05, 0.1) is 31.1 Å². The van der Waals surface area contributed by atoms with Crippen LogP contribution in [0.5, 0.6) is 5.75 Å². The van der Waals surface area contributed by atoms with E-state index in [1.807, 2.05) is 0 Å². The van der Waals surface area contributed by atoms with E-state index in [4.69, 9.17) is 9.47 Å². The van der Waals surface area contributed by atoms with Crippen LogP contribution in [0.2, 0.25) is 0 Å². The second-order valence-electron chi connectivity index (χ2n) is 9.35. The monoisotopic (exact) mass is 602 g/mol. The Hall–Kier alpha value is -4.20. The number of para-hydroxylation sites is 3. The number of alkyl halides is 3. The lowest BCUT2D eigenvalue weighted by Gasteiger charge is -2.27. The summed E-state index contributed by atoms with van der Waals surface area (Å²) in [6.45, 7) is 2.02. The topological polar surface area (TPSA) is 111 Å². The number of hydrogen-bond donors (Lipinski definition) is 1. The van der Waals surface area contributed by atoms with E-state index < -0.39 is 39.0 Å². The minimum Gasteiger partial charge on any atom is -0.374 e. The molecule has 0 radical (unpaired) electrons. The van der Waals surface area contributed by atoms with Crippen LogP contribution in [0.4, 0.5) is 24.5 Å². The molecule has 0 aromatic heterocycles. The zero-order valence-corrected chi connectivity index (χ0v) is 23.0. The van der Waals surface area contributed by atoms with Crippen molar-refractivity contribution < 1.29 is 44.8 Å². The second kappa shape index (κ2) is 11.2. The highest BCUT2D eigenvalue weighted by Crippen LogP contribution is 2.46. The standard InChI is InChI=1S/C29H25F3N2O7S/c1-2-9-21(20-12-8-13-22-25(20)33-27(36)28(22)39-16-17-40-28)26(35)34(18-19-10-4-3-5-11-19)23-14-6-7-15-24(23)41-42(37,38)29(30,31)32/h3-15H,2,16-18H2,1H3,(H,33,36)/b21-9-. The number of halogens is 3. The number of nitrogens with one attached hydrogen (secondary N) is 1. The zero-order valence-electron chi connectivity index (χ0n) is 22.2. The number of carbonyl (C=O) groups is 2. The number of ether oxygens (including phenoxy) is 2. The summed E-state index contributed by atoms with van der Waals surface area (Å²) in [5, 5.41) is 2.75. The Labute approximate surface area is 239 Å². The largest absolute Gasteiger partial charge is 0.534 e. The van der Waals surface area contributed by atoms with Crippen LogP contribution in [0.3, 0.4) is 0 Å². The van der Waals surface area contributed by atoms with E-state index in [9.17, 15) is 31.2 Å². The van der Waals surface area contributed by atoms with Gasteiger partial charge in [-0.15, -0.1) is 0 Å². The van der Waals surface area contributed by atoms with Crippen LogP contribution in [0, 0.1) is 0 Å². The number of benzene rings is 3. The Balaban J connectivity index is 1.63. The number of nitrogens with zero attached hydrogens (tertiary/aromatic N) is 1. The van der Waals surface area contributed by atoms with Crippen LogP contribution in [0.15, 0.2) is 78.9 Å². The van der Waals surface area contributed by atoms with Gasteiger partial charge in [-0.1, -0.05) is 73.7 Å². The molecule has 1 fully saturated rings. The molecule has 1 saturated heterocycles. The van der Waals surface area contributed by atoms with Crippen molar-refractivity contribution in [3.8, 4) is 5.75 Å². The summed E-state index contributed by atoms with van der Waals surface area (Å²) in [6, 6.07) is 18.6. The van der Waals surface area contributed by atoms with E-state index >= 15 is 0 Å². The zero-order chi connectivity index (χ0) is 30.1. The van der Waals surface area contributed by atoms with Crippen molar-refractivity contribution in [2.24, 2.45) is 0 Å².